The SMILES string of the molecule is COc1ccc(CCC(=O)Nc2nc(-c3ccc(OC)cc3F)cs2)cc1. The van der Waals surface area contributed by atoms with Gasteiger partial charge in [0.25, 0.3) is 0 Å². The van der Waals surface area contributed by atoms with E-state index >= 15 is 0 Å². The summed E-state index contributed by atoms with van der Waals surface area (Å²) in [6, 6.07) is 12.2. The van der Waals surface area contributed by atoms with Crippen LogP contribution < -0.4 is 14.8 Å². The Morgan fingerprint density at radius 1 is 1.11 bits per heavy atom. The molecule has 0 aliphatic carbocycles. The van der Waals surface area contributed by atoms with Gasteiger partial charge in [-0.1, -0.05) is 12.1 Å². The van der Waals surface area contributed by atoms with Crippen LogP contribution in [0.2, 0.25) is 0 Å². The molecule has 1 N–H and O–H groups in total. The van der Waals surface area contributed by atoms with E-state index in [2.05, 4.69) is 10.3 Å². The molecule has 3 rings (SSSR count). The second kappa shape index (κ2) is 8.64. The summed E-state index contributed by atoms with van der Waals surface area (Å²) in [5.74, 6) is 0.668. The fourth-order valence-corrected chi connectivity index (χ4v) is 3.24. The van der Waals surface area contributed by atoms with Crippen LogP contribution in [0.1, 0.15) is 12.0 Å². The summed E-state index contributed by atoms with van der Waals surface area (Å²) in [5, 5.41) is 4.92. The number of thiazole rings is 1. The molecule has 0 saturated heterocycles. The molecule has 7 heteroatoms. The molecular formula is C20H19FN2O3S. The lowest BCUT2D eigenvalue weighted by atomic mass is 10.1. The van der Waals surface area contributed by atoms with Gasteiger partial charge in [0.05, 0.1) is 19.9 Å². The van der Waals surface area contributed by atoms with Crippen LogP contribution in [0, 0.1) is 5.82 Å². The Morgan fingerprint density at radius 3 is 2.48 bits per heavy atom. The molecule has 0 atom stereocenters. The van der Waals surface area contributed by atoms with Gasteiger partial charge in [-0.25, -0.2) is 9.37 Å². The lowest BCUT2D eigenvalue weighted by Gasteiger charge is -2.04. The summed E-state index contributed by atoms with van der Waals surface area (Å²) in [7, 11) is 3.10. The van der Waals surface area contributed by atoms with E-state index in [0.29, 0.717) is 35.0 Å². The number of hydrogen-bond acceptors (Lipinski definition) is 5. The zero-order valence-electron chi connectivity index (χ0n) is 15.0. The normalized spacial score (nSPS) is 10.5. The molecule has 1 amide bonds. The molecule has 0 aliphatic rings. The number of anilines is 1. The maximum absolute atomic E-state index is 14.1. The molecule has 27 heavy (non-hydrogen) atoms. The number of ether oxygens (including phenoxy) is 2. The van der Waals surface area contributed by atoms with Gasteiger partial charge in [-0.2, -0.15) is 0 Å². The quantitative estimate of drug-likeness (QED) is 0.648. The number of aromatic nitrogens is 1. The van der Waals surface area contributed by atoms with Crippen LogP contribution in [0.5, 0.6) is 11.5 Å². The number of halogens is 1. The van der Waals surface area contributed by atoms with Crippen LogP contribution in [-0.4, -0.2) is 25.1 Å². The number of amides is 1. The van der Waals surface area contributed by atoms with Crippen LogP contribution in [0.15, 0.2) is 47.8 Å². The van der Waals surface area contributed by atoms with Crippen molar-refractivity contribution in [1.82, 2.24) is 4.98 Å². The topological polar surface area (TPSA) is 60.5 Å². The number of aryl methyl sites for hydroxylation is 1. The first-order valence-corrected chi connectivity index (χ1v) is 9.19. The molecule has 1 heterocycles. The van der Waals surface area contributed by atoms with Gasteiger partial charge in [0.1, 0.15) is 17.3 Å². The third-order valence-corrected chi connectivity index (χ3v) is 4.76. The van der Waals surface area contributed by atoms with Gasteiger partial charge in [-0.3, -0.25) is 4.79 Å². The predicted molar refractivity (Wildman–Crippen MR) is 104 cm³/mol. The second-order valence-corrected chi connectivity index (χ2v) is 6.64. The number of carbonyl (C=O) groups is 1. The maximum Gasteiger partial charge on any atom is 0.226 e. The molecule has 2 aromatic carbocycles. The van der Waals surface area contributed by atoms with E-state index in [4.69, 9.17) is 9.47 Å². The second-order valence-electron chi connectivity index (χ2n) is 5.78. The van der Waals surface area contributed by atoms with Gasteiger partial charge in [0.15, 0.2) is 5.13 Å². The van der Waals surface area contributed by atoms with Crippen molar-refractivity contribution in [2.45, 2.75) is 12.8 Å². The van der Waals surface area contributed by atoms with E-state index in [0.717, 1.165) is 11.3 Å². The van der Waals surface area contributed by atoms with Crippen molar-refractivity contribution < 1.29 is 18.7 Å². The lowest BCUT2D eigenvalue weighted by molar-refractivity contribution is -0.116. The average Bonchev–Trinajstić information content (AvgIpc) is 3.14. The monoisotopic (exact) mass is 386 g/mol. The highest BCUT2D eigenvalue weighted by atomic mass is 32.1. The van der Waals surface area contributed by atoms with Crippen molar-refractivity contribution in [1.29, 1.82) is 0 Å². The molecule has 0 unspecified atom stereocenters. The van der Waals surface area contributed by atoms with E-state index in [1.807, 2.05) is 24.3 Å². The van der Waals surface area contributed by atoms with Gasteiger partial charge in [-0.15, -0.1) is 11.3 Å². The average molecular weight is 386 g/mol. The van der Waals surface area contributed by atoms with Gasteiger partial charge in [0, 0.05) is 23.4 Å². The molecule has 0 aliphatic heterocycles. The summed E-state index contributed by atoms with van der Waals surface area (Å²) < 4.78 is 24.3. The van der Waals surface area contributed by atoms with Gasteiger partial charge < -0.3 is 14.8 Å². The molecule has 0 spiro atoms. The molecule has 140 valence electrons. The summed E-state index contributed by atoms with van der Waals surface area (Å²) in [5.41, 5.74) is 1.89. The first-order chi connectivity index (χ1) is 13.1. The Balaban J connectivity index is 1.59. The molecule has 5 nitrogen and oxygen atoms in total. The Labute approximate surface area is 160 Å². The van der Waals surface area contributed by atoms with Gasteiger partial charge in [-0.05, 0) is 36.2 Å². The summed E-state index contributed by atoms with van der Waals surface area (Å²) in [4.78, 5) is 16.4. The molecule has 0 fully saturated rings. The number of benzene rings is 2. The van der Waals surface area contributed by atoms with Crippen molar-refractivity contribution in [3.05, 3.63) is 59.2 Å². The lowest BCUT2D eigenvalue weighted by Crippen LogP contribution is -2.12. The highest BCUT2D eigenvalue weighted by Gasteiger charge is 2.12. The maximum atomic E-state index is 14.1. The van der Waals surface area contributed by atoms with E-state index in [1.54, 1.807) is 24.6 Å². The van der Waals surface area contributed by atoms with E-state index < -0.39 is 5.82 Å². The van der Waals surface area contributed by atoms with Crippen LogP contribution >= 0.6 is 11.3 Å². The minimum atomic E-state index is -0.419. The molecule has 1 aromatic heterocycles. The third kappa shape index (κ3) is 4.83. The van der Waals surface area contributed by atoms with E-state index in [1.165, 1.54) is 24.5 Å². The highest BCUT2D eigenvalue weighted by molar-refractivity contribution is 7.14. The summed E-state index contributed by atoms with van der Waals surface area (Å²) >= 11 is 1.26. The van der Waals surface area contributed by atoms with Crippen molar-refractivity contribution in [2.75, 3.05) is 19.5 Å². The fourth-order valence-electron chi connectivity index (χ4n) is 2.52. The number of nitrogens with one attached hydrogen (secondary N) is 1. The summed E-state index contributed by atoms with van der Waals surface area (Å²) in [6.45, 7) is 0. The zero-order valence-corrected chi connectivity index (χ0v) is 15.8. The molecule has 0 saturated carbocycles. The minimum Gasteiger partial charge on any atom is -0.497 e. The summed E-state index contributed by atoms with van der Waals surface area (Å²) in [6.07, 6.45) is 0.944. The number of nitrogens with zero attached hydrogens (tertiary/aromatic N) is 1. The molecule has 3 aromatic rings. The van der Waals surface area contributed by atoms with Crippen LogP contribution in [0.25, 0.3) is 11.3 Å². The molecular weight excluding hydrogens is 367 g/mol. The Hall–Kier alpha value is -2.93. The van der Waals surface area contributed by atoms with E-state index in [9.17, 15) is 9.18 Å². The molecule has 0 radical (unpaired) electrons. The van der Waals surface area contributed by atoms with Crippen molar-refractivity contribution in [3.8, 4) is 22.8 Å². The number of methoxy groups -OCH3 is 2. The first kappa shape index (κ1) is 18.8. The molecule has 0 bridgehead atoms. The number of rotatable bonds is 7. The standard InChI is InChI=1S/C20H19FN2O3S/c1-25-14-6-3-13(4-7-14)5-10-19(24)23-20-22-18(12-27-20)16-9-8-15(26-2)11-17(16)21/h3-4,6-9,11-12H,5,10H2,1-2H3,(H,22,23,24). The van der Waals surface area contributed by atoms with Crippen molar-refractivity contribution in [3.63, 3.8) is 0 Å². The smallest absolute Gasteiger partial charge is 0.226 e. The van der Waals surface area contributed by atoms with Crippen molar-refractivity contribution in [2.24, 2.45) is 0 Å². The van der Waals surface area contributed by atoms with E-state index in [-0.39, 0.29) is 5.91 Å². The van der Waals surface area contributed by atoms with Crippen LogP contribution in [0.4, 0.5) is 9.52 Å². The van der Waals surface area contributed by atoms with Crippen LogP contribution in [0.3, 0.4) is 0 Å². The number of carbonyl (C=O) groups excluding carboxylic acids is 1. The first-order valence-electron chi connectivity index (χ1n) is 8.31. The predicted octanol–water partition coefficient (Wildman–Crippen LogP) is 4.54. The fraction of sp³-hybridized carbons (Fsp3) is 0.200. The largest absolute Gasteiger partial charge is 0.497 e. The van der Waals surface area contributed by atoms with Gasteiger partial charge in [0.2, 0.25) is 5.91 Å². The minimum absolute atomic E-state index is 0.137. The Morgan fingerprint density at radius 2 is 1.81 bits per heavy atom. The zero-order chi connectivity index (χ0) is 19.2. The van der Waals surface area contributed by atoms with Crippen LogP contribution in [-0.2, 0) is 11.2 Å². The van der Waals surface area contributed by atoms with Gasteiger partial charge >= 0.3 is 0 Å². The number of hydrogen-bond donors (Lipinski definition) is 1. The Kier molecular flexibility index (Phi) is 6.03. The highest BCUT2D eigenvalue weighted by Crippen LogP contribution is 2.29. The third-order valence-electron chi connectivity index (χ3n) is 4.00. The Bertz CT molecular complexity index is 925. The van der Waals surface area contributed by atoms with Crippen molar-refractivity contribution >= 4 is 22.4 Å².